The second-order valence-corrected chi connectivity index (χ2v) is 6.95. The molecule has 0 aromatic heterocycles. The molecule has 2 rings (SSSR count). The van der Waals surface area contributed by atoms with Crippen LogP contribution in [-0.4, -0.2) is 36.2 Å². The Bertz CT molecular complexity index is 468. The van der Waals surface area contributed by atoms with Crippen molar-refractivity contribution in [1.29, 1.82) is 0 Å². The standard InChI is InChI=1S/C15H21BrN2O2/c1-15(2,3)17-14(19)18-8-9-20-13(10-18)11-4-6-12(16)7-5-11/h4-7,13H,8-10H2,1-3H3,(H,17,19). The van der Waals surface area contributed by atoms with Crippen molar-refractivity contribution in [2.75, 3.05) is 19.7 Å². The molecule has 1 N–H and O–H groups in total. The van der Waals surface area contributed by atoms with E-state index in [1.165, 1.54) is 0 Å². The summed E-state index contributed by atoms with van der Waals surface area (Å²) in [5.41, 5.74) is 0.879. The Morgan fingerprint density at radius 2 is 2.00 bits per heavy atom. The van der Waals surface area contributed by atoms with Crippen LogP contribution in [0.1, 0.15) is 32.4 Å². The van der Waals surface area contributed by atoms with E-state index < -0.39 is 0 Å². The molecule has 1 unspecified atom stereocenters. The Morgan fingerprint density at radius 3 is 2.60 bits per heavy atom. The molecule has 1 saturated heterocycles. The summed E-state index contributed by atoms with van der Waals surface area (Å²) in [5.74, 6) is 0. The van der Waals surface area contributed by atoms with E-state index in [4.69, 9.17) is 4.74 Å². The first-order valence-corrected chi connectivity index (χ1v) is 7.58. The third-order valence-electron chi connectivity index (χ3n) is 3.08. The molecule has 110 valence electrons. The fourth-order valence-electron chi connectivity index (χ4n) is 2.11. The van der Waals surface area contributed by atoms with Crippen LogP contribution < -0.4 is 5.32 Å². The zero-order chi connectivity index (χ0) is 14.8. The van der Waals surface area contributed by atoms with Gasteiger partial charge in [-0.15, -0.1) is 0 Å². The number of amides is 2. The van der Waals surface area contributed by atoms with Gasteiger partial charge >= 0.3 is 6.03 Å². The number of carbonyl (C=O) groups is 1. The molecule has 4 nitrogen and oxygen atoms in total. The molecule has 0 saturated carbocycles. The van der Waals surface area contributed by atoms with Gasteiger partial charge in [0.2, 0.25) is 0 Å². The molecule has 1 fully saturated rings. The number of nitrogens with one attached hydrogen (secondary N) is 1. The van der Waals surface area contributed by atoms with Crippen LogP contribution >= 0.6 is 15.9 Å². The lowest BCUT2D eigenvalue weighted by molar-refractivity contribution is -0.0161. The Balaban J connectivity index is 2.01. The molecule has 1 aliphatic heterocycles. The van der Waals surface area contributed by atoms with E-state index in [0.717, 1.165) is 10.0 Å². The van der Waals surface area contributed by atoms with Crippen molar-refractivity contribution in [1.82, 2.24) is 10.2 Å². The van der Waals surface area contributed by atoms with Crippen molar-refractivity contribution in [2.24, 2.45) is 0 Å². The third kappa shape index (κ3) is 4.21. The molecule has 2 amide bonds. The second kappa shape index (κ2) is 6.14. The number of carbonyl (C=O) groups excluding carboxylic acids is 1. The molecule has 0 aliphatic carbocycles. The number of urea groups is 1. The van der Waals surface area contributed by atoms with Crippen LogP contribution in [0.4, 0.5) is 4.79 Å². The molecule has 1 aliphatic rings. The number of rotatable bonds is 1. The van der Waals surface area contributed by atoms with Gasteiger partial charge in [0.05, 0.1) is 13.2 Å². The summed E-state index contributed by atoms with van der Waals surface area (Å²) < 4.78 is 6.82. The highest BCUT2D eigenvalue weighted by atomic mass is 79.9. The van der Waals surface area contributed by atoms with Crippen LogP contribution in [0.5, 0.6) is 0 Å². The highest BCUT2D eigenvalue weighted by Crippen LogP contribution is 2.24. The first kappa shape index (κ1) is 15.3. The monoisotopic (exact) mass is 340 g/mol. The van der Waals surface area contributed by atoms with Crippen LogP contribution in [0.3, 0.4) is 0 Å². The molecule has 0 spiro atoms. The van der Waals surface area contributed by atoms with E-state index in [9.17, 15) is 4.79 Å². The minimum Gasteiger partial charge on any atom is -0.370 e. The lowest BCUT2D eigenvalue weighted by Gasteiger charge is -2.35. The first-order valence-electron chi connectivity index (χ1n) is 6.79. The van der Waals surface area contributed by atoms with E-state index >= 15 is 0 Å². The van der Waals surface area contributed by atoms with Gasteiger partial charge in [0, 0.05) is 16.6 Å². The predicted molar refractivity (Wildman–Crippen MR) is 82.7 cm³/mol. The minimum absolute atomic E-state index is 0.0251. The number of morpholine rings is 1. The van der Waals surface area contributed by atoms with Crippen LogP contribution in [0.2, 0.25) is 0 Å². The average molecular weight is 341 g/mol. The van der Waals surface area contributed by atoms with E-state index in [2.05, 4.69) is 21.2 Å². The van der Waals surface area contributed by atoms with Gasteiger partial charge < -0.3 is 15.0 Å². The van der Waals surface area contributed by atoms with Gasteiger partial charge in [-0.1, -0.05) is 28.1 Å². The maximum atomic E-state index is 12.2. The van der Waals surface area contributed by atoms with E-state index in [1.807, 2.05) is 49.9 Å². The van der Waals surface area contributed by atoms with Crippen molar-refractivity contribution in [3.63, 3.8) is 0 Å². The minimum atomic E-state index is -0.220. The first-order chi connectivity index (χ1) is 9.35. The molecule has 0 bridgehead atoms. The molecule has 20 heavy (non-hydrogen) atoms. The van der Waals surface area contributed by atoms with Crippen LogP contribution in [0.15, 0.2) is 28.7 Å². The van der Waals surface area contributed by atoms with Crippen molar-refractivity contribution in [3.05, 3.63) is 34.3 Å². The van der Waals surface area contributed by atoms with Gasteiger partial charge in [0.15, 0.2) is 0 Å². The molecule has 0 radical (unpaired) electrons. The van der Waals surface area contributed by atoms with E-state index in [-0.39, 0.29) is 17.7 Å². The Labute approximate surface area is 128 Å². The van der Waals surface area contributed by atoms with Crippen LogP contribution in [0.25, 0.3) is 0 Å². The predicted octanol–water partition coefficient (Wildman–Crippen LogP) is 3.33. The largest absolute Gasteiger partial charge is 0.370 e. The SMILES string of the molecule is CC(C)(C)NC(=O)N1CCOC(c2ccc(Br)cc2)C1. The topological polar surface area (TPSA) is 41.6 Å². The smallest absolute Gasteiger partial charge is 0.317 e. The lowest BCUT2D eigenvalue weighted by atomic mass is 10.1. The normalized spacial score (nSPS) is 19.8. The summed E-state index contributed by atoms with van der Waals surface area (Å²) >= 11 is 3.42. The van der Waals surface area contributed by atoms with Crippen molar-refractivity contribution in [2.45, 2.75) is 32.4 Å². The second-order valence-electron chi connectivity index (χ2n) is 6.04. The molecular formula is C15H21BrN2O2. The van der Waals surface area contributed by atoms with Crippen molar-refractivity contribution >= 4 is 22.0 Å². The number of halogens is 1. The lowest BCUT2D eigenvalue weighted by Crippen LogP contribution is -2.52. The van der Waals surface area contributed by atoms with Crippen LogP contribution in [-0.2, 0) is 4.74 Å². The number of benzene rings is 1. The third-order valence-corrected chi connectivity index (χ3v) is 3.61. The average Bonchev–Trinajstić information content (AvgIpc) is 2.38. The Hall–Kier alpha value is -1.07. The maximum Gasteiger partial charge on any atom is 0.317 e. The molecule has 5 heteroatoms. The summed E-state index contributed by atoms with van der Waals surface area (Å²) in [6.45, 7) is 7.74. The molecule has 1 aromatic rings. The van der Waals surface area contributed by atoms with Gasteiger partial charge in [-0.05, 0) is 38.5 Å². The van der Waals surface area contributed by atoms with Crippen molar-refractivity contribution in [3.8, 4) is 0 Å². The zero-order valence-electron chi connectivity index (χ0n) is 12.1. The van der Waals surface area contributed by atoms with Gasteiger partial charge in [0.25, 0.3) is 0 Å². The summed E-state index contributed by atoms with van der Waals surface area (Å²) in [6, 6.07) is 8.02. The number of hydrogen-bond acceptors (Lipinski definition) is 2. The quantitative estimate of drug-likeness (QED) is 0.851. The summed E-state index contributed by atoms with van der Waals surface area (Å²) in [7, 11) is 0. The zero-order valence-corrected chi connectivity index (χ0v) is 13.7. The summed E-state index contributed by atoms with van der Waals surface area (Å²) in [5, 5.41) is 2.99. The van der Waals surface area contributed by atoms with Gasteiger partial charge in [-0.3, -0.25) is 0 Å². The Morgan fingerprint density at radius 1 is 1.35 bits per heavy atom. The highest BCUT2D eigenvalue weighted by Gasteiger charge is 2.27. The van der Waals surface area contributed by atoms with Crippen LogP contribution in [0, 0.1) is 0 Å². The van der Waals surface area contributed by atoms with E-state index in [1.54, 1.807) is 0 Å². The van der Waals surface area contributed by atoms with E-state index in [0.29, 0.717) is 19.7 Å². The fourth-order valence-corrected chi connectivity index (χ4v) is 2.38. The summed E-state index contributed by atoms with van der Waals surface area (Å²) in [4.78, 5) is 14.0. The molecule has 1 heterocycles. The summed E-state index contributed by atoms with van der Waals surface area (Å²) in [6.07, 6.45) is -0.0532. The highest BCUT2D eigenvalue weighted by molar-refractivity contribution is 9.10. The van der Waals surface area contributed by atoms with Crippen molar-refractivity contribution < 1.29 is 9.53 Å². The Kier molecular flexibility index (Phi) is 4.70. The number of ether oxygens (including phenoxy) is 1. The van der Waals surface area contributed by atoms with Gasteiger partial charge in [0.1, 0.15) is 6.10 Å². The number of hydrogen-bond donors (Lipinski definition) is 1. The molecule has 1 aromatic carbocycles. The van der Waals surface area contributed by atoms with Gasteiger partial charge in [-0.25, -0.2) is 4.79 Å². The fraction of sp³-hybridized carbons (Fsp3) is 0.533. The molecule has 1 atom stereocenters. The molecular weight excluding hydrogens is 320 g/mol. The number of nitrogens with zero attached hydrogens (tertiary/aromatic N) is 1. The van der Waals surface area contributed by atoms with Gasteiger partial charge in [-0.2, -0.15) is 0 Å². The maximum absolute atomic E-state index is 12.2.